The third-order valence-corrected chi connectivity index (χ3v) is 3.29. The first kappa shape index (κ1) is 11.8. The number of hydrogen-bond acceptors (Lipinski definition) is 3. The lowest BCUT2D eigenvalue weighted by Crippen LogP contribution is -2.07. The van der Waals surface area contributed by atoms with Crippen molar-refractivity contribution in [3.8, 4) is 0 Å². The Morgan fingerprint density at radius 2 is 2.06 bits per heavy atom. The van der Waals surface area contributed by atoms with Gasteiger partial charge in [0, 0.05) is 22.5 Å². The van der Waals surface area contributed by atoms with Crippen molar-refractivity contribution < 1.29 is 0 Å². The van der Waals surface area contributed by atoms with Crippen molar-refractivity contribution >= 4 is 28.5 Å². The van der Waals surface area contributed by atoms with Crippen molar-refractivity contribution in [3.05, 3.63) is 27.6 Å². The van der Waals surface area contributed by atoms with Gasteiger partial charge in [-0.25, -0.2) is 9.97 Å². The molecule has 0 saturated heterocycles. The van der Waals surface area contributed by atoms with Gasteiger partial charge in [-0.2, -0.15) is 0 Å². The molecule has 1 aromatic heterocycles. The molecule has 0 radical (unpaired) electrons. The Kier molecular flexibility index (Phi) is 4.56. The zero-order valence-corrected chi connectivity index (χ0v) is 11.4. The summed E-state index contributed by atoms with van der Waals surface area (Å²) in [7, 11) is 0. The minimum atomic E-state index is 0.733. The summed E-state index contributed by atoms with van der Waals surface area (Å²) in [5, 5.41) is 3.25. The highest BCUT2D eigenvalue weighted by Crippen LogP contribution is 2.19. The Morgan fingerprint density at radius 1 is 1.25 bits per heavy atom. The first-order valence-corrected chi connectivity index (χ1v) is 6.82. The maximum Gasteiger partial charge on any atom is 0.222 e. The lowest BCUT2D eigenvalue weighted by atomic mass is 9.97. The van der Waals surface area contributed by atoms with E-state index in [1.807, 2.05) is 12.4 Å². The molecular weight excluding hydrogens is 313 g/mol. The molecule has 1 N–H and O–H groups in total. The molecule has 0 unspecified atom stereocenters. The number of halogens is 1. The number of anilines is 1. The molecule has 0 saturated carbocycles. The lowest BCUT2D eigenvalue weighted by molar-refractivity contribution is 0.679. The summed E-state index contributed by atoms with van der Waals surface area (Å²) in [6.45, 7) is 0.937. The molecule has 86 valence electrons. The number of hydrogen-bond donors (Lipinski definition) is 1. The van der Waals surface area contributed by atoms with Gasteiger partial charge >= 0.3 is 0 Å². The summed E-state index contributed by atoms with van der Waals surface area (Å²) < 4.78 is 1.07. The molecule has 0 aliphatic heterocycles. The maximum atomic E-state index is 4.21. The molecule has 2 rings (SSSR count). The molecule has 16 heavy (non-hydrogen) atoms. The summed E-state index contributed by atoms with van der Waals surface area (Å²) in [6, 6.07) is 0. The molecule has 0 bridgehead atoms. The van der Waals surface area contributed by atoms with E-state index in [0.29, 0.717) is 0 Å². The van der Waals surface area contributed by atoms with Gasteiger partial charge in [-0.15, -0.1) is 0 Å². The van der Waals surface area contributed by atoms with Gasteiger partial charge in [-0.3, -0.25) is 0 Å². The monoisotopic (exact) mass is 329 g/mol. The first-order chi connectivity index (χ1) is 7.84. The van der Waals surface area contributed by atoms with Crippen molar-refractivity contribution in [2.45, 2.75) is 32.1 Å². The zero-order chi connectivity index (χ0) is 11.2. The predicted octanol–water partition coefficient (Wildman–Crippen LogP) is 3.38. The Balaban J connectivity index is 1.75. The van der Waals surface area contributed by atoms with Crippen LogP contribution in [0.5, 0.6) is 0 Å². The largest absolute Gasteiger partial charge is 0.354 e. The molecule has 1 aliphatic rings. The van der Waals surface area contributed by atoms with E-state index in [2.05, 4.69) is 44.0 Å². The standard InChI is InChI=1S/C12H16IN3/c13-11-8-15-12(16-9-11)14-7-6-10-4-2-1-3-5-10/h4,8-9H,1-3,5-7H2,(H,14,15,16). The van der Waals surface area contributed by atoms with Gasteiger partial charge in [0.2, 0.25) is 5.95 Å². The second-order valence-electron chi connectivity index (χ2n) is 4.01. The molecule has 0 aromatic carbocycles. The minimum Gasteiger partial charge on any atom is -0.354 e. The van der Waals surface area contributed by atoms with Gasteiger partial charge < -0.3 is 5.32 Å². The van der Waals surface area contributed by atoms with Crippen LogP contribution < -0.4 is 5.32 Å². The van der Waals surface area contributed by atoms with Crippen molar-refractivity contribution in [2.24, 2.45) is 0 Å². The van der Waals surface area contributed by atoms with E-state index in [4.69, 9.17) is 0 Å². The second kappa shape index (κ2) is 6.18. The molecule has 0 atom stereocenters. The molecule has 0 fully saturated rings. The van der Waals surface area contributed by atoms with Crippen LogP contribution in [0.15, 0.2) is 24.0 Å². The average Bonchev–Trinajstić information content (AvgIpc) is 2.33. The third kappa shape index (κ3) is 3.73. The number of nitrogens with one attached hydrogen (secondary N) is 1. The van der Waals surface area contributed by atoms with Crippen molar-refractivity contribution in [1.82, 2.24) is 9.97 Å². The van der Waals surface area contributed by atoms with E-state index in [9.17, 15) is 0 Å². The van der Waals surface area contributed by atoms with Crippen molar-refractivity contribution in [1.29, 1.82) is 0 Å². The zero-order valence-electron chi connectivity index (χ0n) is 9.25. The highest BCUT2D eigenvalue weighted by Gasteiger charge is 2.03. The van der Waals surface area contributed by atoms with Crippen molar-refractivity contribution in [2.75, 3.05) is 11.9 Å². The van der Waals surface area contributed by atoms with E-state index >= 15 is 0 Å². The van der Waals surface area contributed by atoms with Crippen LogP contribution in [0.25, 0.3) is 0 Å². The smallest absolute Gasteiger partial charge is 0.222 e. The SMILES string of the molecule is Ic1cnc(NCCC2=CCCCC2)nc1. The number of aromatic nitrogens is 2. The number of nitrogens with zero attached hydrogens (tertiary/aromatic N) is 2. The van der Waals surface area contributed by atoms with Gasteiger partial charge in [-0.05, 0) is 54.7 Å². The van der Waals surface area contributed by atoms with E-state index < -0.39 is 0 Å². The second-order valence-corrected chi connectivity index (χ2v) is 5.26. The molecule has 1 aliphatic carbocycles. The van der Waals surface area contributed by atoms with Gasteiger partial charge in [0.05, 0.1) is 0 Å². The predicted molar refractivity (Wildman–Crippen MR) is 74.4 cm³/mol. The molecule has 1 aromatic rings. The fraction of sp³-hybridized carbons (Fsp3) is 0.500. The average molecular weight is 329 g/mol. The maximum absolute atomic E-state index is 4.21. The fourth-order valence-electron chi connectivity index (χ4n) is 1.87. The Bertz CT molecular complexity index is 359. The molecule has 4 heteroatoms. The molecule has 0 amide bonds. The normalized spacial score (nSPS) is 15.7. The Morgan fingerprint density at radius 3 is 2.75 bits per heavy atom. The van der Waals surface area contributed by atoms with Gasteiger partial charge in [0.15, 0.2) is 0 Å². The summed E-state index contributed by atoms with van der Waals surface area (Å²) in [4.78, 5) is 8.42. The summed E-state index contributed by atoms with van der Waals surface area (Å²) >= 11 is 2.21. The van der Waals surface area contributed by atoms with E-state index in [1.54, 1.807) is 5.57 Å². The molecule has 1 heterocycles. The first-order valence-electron chi connectivity index (χ1n) is 5.74. The van der Waals surface area contributed by atoms with E-state index in [0.717, 1.165) is 22.5 Å². The van der Waals surface area contributed by atoms with Gasteiger partial charge in [0.1, 0.15) is 0 Å². The van der Waals surface area contributed by atoms with Crippen LogP contribution >= 0.6 is 22.6 Å². The van der Waals surface area contributed by atoms with Crippen LogP contribution in [0.4, 0.5) is 5.95 Å². The van der Waals surface area contributed by atoms with E-state index in [1.165, 1.54) is 25.7 Å². The summed E-state index contributed by atoms with van der Waals surface area (Å²) in [5.74, 6) is 0.733. The van der Waals surface area contributed by atoms with Crippen LogP contribution in [0.1, 0.15) is 32.1 Å². The highest BCUT2D eigenvalue weighted by atomic mass is 127. The fourth-order valence-corrected chi connectivity index (χ4v) is 2.15. The summed E-state index contributed by atoms with van der Waals surface area (Å²) in [6.07, 6.45) is 12.4. The van der Waals surface area contributed by atoms with Gasteiger partial charge in [0.25, 0.3) is 0 Å². The minimum absolute atomic E-state index is 0.733. The van der Waals surface area contributed by atoms with E-state index in [-0.39, 0.29) is 0 Å². The third-order valence-electron chi connectivity index (χ3n) is 2.73. The molecular formula is C12H16IN3. The van der Waals surface area contributed by atoms with Crippen LogP contribution in [0.2, 0.25) is 0 Å². The van der Waals surface area contributed by atoms with Crippen LogP contribution in [-0.2, 0) is 0 Å². The number of rotatable bonds is 4. The Hall–Kier alpha value is -0.650. The summed E-state index contributed by atoms with van der Waals surface area (Å²) in [5.41, 5.74) is 1.59. The van der Waals surface area contributed by atoms with Crippen LogP contribution in [0.3, 0.4) is 0 Å². The molecule has 3 nitrogen and oxygen atoms in total. The Labute approximate surface area is 110 Å². The van der Waals surface area contributed by atoms with Gasteiger partial charge in [-0.1, -0.05) is 11.6 Å². The van der Waals surface area contributed by atoms with Crippen LogP contribution in [0, 0.1) is 3.57 Å². The highest BCUT2D eigenvalue weighted by molar-refractivity contribution is 14.1. The quantitative estimate of drug-likeness (QED) is 0.680. The number of allylic oxidation sites excluding steroid dienone is 1. The van der Waals surface area contributed by atoms with Crippen molar-refractivity contribution in [3.63, 3.8) is 0 Å². The lowest BCUT2D eigenvalue weighted by Gasteiger charge is -2.12. The molecule has 0 spiro atoms. The van der Waals surface area contributed by atoms with Crippen LogP contribution in [-0.4, -0.2) is 16.5 Å². The topological polar surface area (TPSA) is 37.8 Å².